The Morgan fingerprint density at radius 2 is 0.944 bits per heavy atom. The summed E-state index contributed by atoms with van der Waals surface area (Å²) in [4.78, 5) is 27.3. The van der Waals surface area contributed by atoms with Crippen LogP contribution in [0.15, 0.2) is 182 Å². The summed E-state index contributed by atoms with van der Waals surface area (Å²) in [6.45, 7) is 0. The molecule has 1 aliphatic rings. The van der Waals surface area contributed by atoms with E-state index in [1.54, 1.807) is 12.4 Å². The Bertz CT molecular complexity index is 2910. The van der Waals surface area contributed by atoms with E-state index in [0.29, 0.717) is 0 Å². The Labute approximate surface area is 311 Å². The molecular weight excluding hydrogens is 661 g/mol. The molecule has 10 rings (SSSR count). The number of hydrogen-bond acceptors (Lipinski definition) is 6. The number of benzene rings is 4. The molecule has 0 aliphatic carbocycles. The zero-order chi connectivity index (χ0) is 35.8. The number of rotatable bonds is 6. The van der Waals surface area contributed by atoms with Gasteiger partial charge < -0.3 is 0 Å². The summed E-state index contributed by atoms with van der Waals surface area (Å²) in [5, 5.41) is 7.31. The molecule has 252 valence electrons. The van der Waals surface area contributed by atoms with E-state index in [1.165, 1.54) is 32.3 Å². The number of aliphatic imine (C=N–C) groups is 1. The van der Waals surface area contributed by atoms with Gasteiger partial charge in [-0.1, -0.05) is 72.8 Å². The monoisotopic (exact) mass is 690 g/mol. The predicted molar refractivity (Wildman–Crippen MR) is 219 cm³/mol. The minimum atomic E-state index is -0.0770. The van der Waals surface area contributed by atoms with Crippen molar-refractivity contribution in [2.75, 3.05) is 0 Å². The lowest BCUT2D eigenvalue weighted by atomic mass is 9.90. The summed E-state index contributed by atoms with van der Waals surface area (Å²) in [5.74, 6) is 3.19. The van der Waals surface area contributed by atoms with E-state index < -0.39 is 0 Å². The van der Waals surface area contributed by atoms with Crippen LogP contribution in [0, 0.1) is 0 Å². The van der Waals surface area contributed by atoms with Crippen molar-refractivity contribution in [1.29, 1.82) is 0 Å². The number of fused-ring (bicyclic) bond motifs is 6. The van der Waals surface area contributed by atoms with Crippen molar-refractivity contribution in [2.24, 2.45) is 4.99 Å². The molecule has 1 unspecified atom stereocenters. The molecular formula is C48H30N6. The van der Waals surface area contributed by atoms with E-state index in [0.717, 1.165) is 61.6 Å². The lowest BCUT2D eigenvalue weighted by molar-refractivity contribution is 0.906. The maximum absolute atomic E-state index is 4.83. The quantitative estimate of drug-likeness (QED) is 0.162. The van der Waals surface area contributed by atoms with E-state index in [9.17, 15) is 0 Å². The smallest absolute Gasteiger partial charge is 0.104 e. The minimum absolute atomic E-state index is 0.0770. The average molecular weight is 691 g/mol. The molecule has 1 atom stereocenters. The van der Waals surface area contributed by atoms with Crippen LogP contribution in [0.2, 0.25) is 0 Å². The molecule has 0 saturated heterocycles. The molecule has 54 heavy (non-hydrogen) atoms. The van der Waals surface area contributed by atoms with Crippen LogP contribution in [-0.4, -0.2) is 30.8 Å². The highest BCUT2D eigenvalue weighted by atomic mass is 14.8. The first-order chi connectivity index (χ1) is 26.7. The summed E-state index contributed by atoms with van der Waals surface area (Å²) >= 11 is 0. The largest absolute Gasteiger partial charge is 0.264 e. The average Bonchev–Trinajstić information content (AvgIpc) is 3.27. The molecule has 0 spiro atoms. The van der Waals surface area contributed by atoms with E-state index >= 15 is 0 Å². The first-order valence-electron chi connectivity index (χ1n) is 17.8. The molecule has 6 nitrogen and oxygen atoms in total. The topological polar surface area (TPSA) is 76.8 Å². The van der Waals surface area contributed by atoms with Gasteiger partial charge in [-0.3, -0.25) is 24.9 Å². The van der Waals surface area contributed by atoms with Gasteiger partial charge in [-0.05, 0) is 116 Å². The van der Waals surface area contributed by atoms with Crippen molar-refractivity contribution in [2.45, 2.75) is 6.04 Å². The second-order valence-corrected chi connectivity index (χ2v) is 13.3. The summed E-state index contributed by atoms with van der Waals surface area (Å²) in [6.07, 6.45) is 17.1. The summed E-state index contributed by atoms with van der Waals surface area (Å²) in [6, 6.07) is 42.4. The normalized spacial score (nSPS) is 13.8. The van der Waals surface area contributed by atoms with Gasteiger partial charge in [0.25, 0.3) is 0 Å². The van der Waals surface area contributed by atoms with Crippen LogP contribution in [0.1, 0.15) is 17.3 Å². The van der Waals surface area contributed by atoms with E-state index in [2.05, 4.69) is 117 Å². The minimum Gasteiger partial charge on any atom is -0.264 e. The van der Waals surface area contributed by atoms with Gasteiger partial charge in [0, 0.05) is 65.6 Å². The molecule has 0 radical (unpaired) electrons. The third kappa shape index (κ3) is 5.73. The van der Waals surface area contributed by atoms with Crippen molar-refractivity contribution in [3.63, 3.8) is 0 Å². The van der Waals surface area contributed by atoms with Crippen LogP contribution < -0.4 is 0 Å². The molecule has 5 aromatic heterocycles. The predicted octanol–water partition coefficient (Wildman–Crippen LogP) is 11.2. The Balaban J connectivity index is 0.953. The van der Waals surface area contributed by atoms with Crippen LogP contribution in [0.5, 0.6) is 0 Å². The van der Waals surface area contributed by atoms with Crippen LogP contribution in [0.25, 0.3) is 82.7 Å². The second-order valence-electron chi connectivity index (χ2n) is 13.3. The number of aromatic nitrogens is 5. The van der Waals surface area contributed by atoms with Gasteiger partial charge in [0.2, 0.25) is 0 Å². The molecule has 6 heterocycles. The van der Waals surface area contributed by atoms with Crippen molar-refractivity contribution in [3.05, 3.63) is 188 Å². The van der Waals surface area contributed by atoms with Crippen molar-refractivity contribution >= 4 is 43.8 Å². The first kappa shape index (κ1) is 31.3. The lowest BCUT2D eigenvalue weighted by Crippen LogP contribution is -1.97. The lowest BCUT2D eigenvalue weighted by Gasteiger charge is -2.14. The van der Waals surface area contributed by atoms with E-state index in [-0.39, 0.29) is 6.04 Å². The highest BCUT2D eigenvalue weighted by Gasteiger charge is 2.14. The Kier molecular flexibility index (Phi) is 7.72. The zero-order valence-electron chi connectivity index (χ0n) is 29.0. The molecule has 0 saturated carbocycles. The van der Waals surface area contributed by atoms with Crippen LogP contribution in [-0.2, 0) is 0 Å². The molecule has 1 aliphatic heterocycles. The molecule has 4 aromatic carbocycles. The maximum Gasteiger partial charge on any atom is 0.104 e. The van der Waals surface area contributed by atoms with Crippen molar-refractivity contribution < 1.29 is 0 Å². The van der Waals surface area contributed by atoms with E-state index in [4.69, 9.17) is 9.97 Å². The number of hydrogen-bond donors (Lipinski definition) is 0. The molecule has 9 aromatic rings. The number of allylic oxidation sites excluding steroid dienone is 2. The fourth-order valence-corrected chi connectivity index (χ4v) is 7.29. The molecule has 6 heteroatoms. The van der Waals surface area contributed by atoms with Gasteiger partial charge in [-0.25, -0.2) is 4.99 Å². The zero-order valence-corrected chi connectivity index (χ0v) is 29.0. The highest BCUT2D eigenvalue weighted by molar-refractivity contribution is 6.26. The van der Waals surface area contributed by atoms with Crippen LogP contribution >= 0.6 is 0 Å². The van der Waals surface area contributed by atoms with Crippen LogP contribution in [0.3, 0.4) is 0 Å². The van der Waals surface area contributed by atoms with Crippen LogP contribution in [0.4, 0.5) is 0 Å². The molecule has 0 amide bonds. The molecule has 0 N–H and O–H groups in total. The number of nitrogens with zero attached hydrogens (tertiary/aromatic N) is 6. The van der Waals surface area contributed by atoms with Gasteiger partial charge in [0.15, 0.2) is 0 Å². The third-order valence-electron chi connectivity index (χ3n) is 10.1. The second kappa shape index (κ2) is 13.3. The summed E-state index contributed by atoms with van der Waals surface area (Å²) in [7, 11) is 0. The van der Waals surface area contributed by atoms with Gasteiger partial charge in [-0.15, -0.1) is 0 Å². The van der Waals surface area contributed by atoms with Crippen molar-refractivity contribution in [3.8, 4) is 44.8 Å². The standard InChI is InChI=1S/C48H30N6/c1-2-8-40-39(7-1)43-23-31(33-11-17-47(51-27-33)37-13-19-45(53-29-37)35-5-3-21-49-25-35)9-15-41(43)42-16-10-32(24-44(40)42)34-12-18-48(52-28-34)38-14-20-46(54-30-38)36-6-4-22-50-26-36/h1-29,46H. The fraction of sp³-hybridized carbons (Fsp3) is 0.0208. The third-order valence-corrected chi connectivity index (χ3v) is 10.1. The summed E-state index contributed by atoms with van der Waals surface area (Å²) in [5.41, 5.74) is 10.9. The van der Waals surface area contributed by atoms with Gasteiger partial charge in [-0.2, -0.15) is 0 Å². The van der Waals surface area contributed by atoms with Gasteiger partial charge in [0.1, 0.15) is 6.04 Å². The Morgan fingerprint density at radius 3 is 1.46 bits per heavy atom. The van der Waals surface area contributed by atoms with Crippen molar-refractivity contribution in [1.82, 2.24) is 24.9 Å². The maximum atomic E-state index is 4.83. The fourth-order valence-electron chi connectivity index (χ4n) is 7.29. The number of pyridine rings is 5. The van der Waals surface area contributed by atoms with Gasteiger partial charge in [0.05, 0.1) is 22.7 Å². The molecule has 0 fully saturated rings. The van der Waals surface area contributed by atoms with Gasteiger partial charge >= 0.3 is 0 Å². The first-order valence-corrected chi connectivity index (χ1v) is 17.8. The van der Waals surface area contributed by atoms with E-state index in [1.807, 2.05) is 73.5 Å². The highest BCUT2D eigenvalue weighted by Crippen LogP contribution is 2.39. The summed E-state index contributed by atoms with van der Waals surface area (Å²) < 4.78 is 0. The SMILES string of the molecule is C1=NC(c2cccnc2)C=CC=1c1ccc(-c2ccc3c4ccc(-c5ccc(-c6ccc(-c7cccnc7)nc6)nc5)cc4c4ccccc4c3c2)cn1. The Morgan fingerprint density at radius 1 is 0.407 bits per heavy atom. The molecule has 0 bridgehead atoms. The Hall–Kier alpha value is -7.40.